The second-order valence-corrected chi connectivity index (χ2v) is 8.49. The van der Waals surface area contributed by atoms with E-state index in [0.29, 0.717) is 41.2 Å². The van der Waals surface area contributed by atoms with Gasteiger partial charge in [0.2, 0.25) is 5.95 Å². The quantitative estimate of drug-likeness (QED) is 0.401. The number of amides is 1. The number of anilines is 2. The molecule has 5 aromatic rings. The molecule has 0 spiro atoms. The topological polar surface area (TPSA) is 93.2 Å². The lowest BCUT2D eigenvalue weighted by atomic mass is 10.0. The molecule has 1 N–H and O–H groups in total. The third-order valence-electron chi connectivity index (χ3n) is 6.28. The van der Waals surface area contributed by atoms with Crippen molar-refractivity contribution < 1.29 is 13.6 Å². The summed E-state index contributed by atoms with van der Waals surface area (Å²) in [6.07, 6.45) is 12.7. The normalized spacial score (nSPS) is 15.5. The van der Waals surface area contributed by atoms with E-state index in [1.54, 1.807) is 34.0 Å². The fourth-order valence-electron chi connectivity index (χ4n) is 4.59. The Labute approximate surface area is 204 Å². The monoisotopic (exact) mass is 486 g/mol. The third-order valence-corrected chi connectivity index (χ3v) is 6.28. The lowest BCUT2D eigenvalue weighted by molar-refractivity contribution is 0.102. The number of halogens is 2. The lowest BCUT2D eigenvalue weighted by Gasteiger charge is -2.27. The molecule has 4 aromatic heterocycles. The maximum Gasteiger partial charge on any atom is 0.259 e. The molecular formula is C25H20F2N8O. The van der Waals surface area contributed by atoms with E-state index in [1.165, 1.54) is 24.7 Å². The van der Waals surface area contributed by atoms with E-state index in [1.807, 2.05) is 17.0 Å². The molecule has 1 saturated heterocycles. The smallest absolute Gasteiger partial charge is 0.259 e. The van der Waals surface area contributed by atoms with Crippen LogP contribution in [-0.2, 0) is 0 Å². The van der Waals surface area contributed by atoms with Crippen LogP contribution in [0.25, 0.3) is 11.5 Å². The molecule has 0 aliphatic carbocycles. The maximum absolute atomic E-state index is 14.5. The van der Waals surface area contributed by atoms with Crippen LogP contribution in [0.4, 0.5) is 20.2 Å². The Morgan fingerprint density at radius 3 is 2.72 bits per heavy atom. The number of benzene rings is 1. The third kappa shape index (κ3) is 3.94. The molecule has 9 nitrogen and oxygen atoms in total. The van der Waals surface area contributed by atoms with Crippen LogP contribution < -0.4 is 10.2 Å². The van der Waals surface area contributed by atoms with Gasteiger partial charge in [-0.3, -0.25) is 9.36 Å². The zero-order chi connectivity index (χ0) is 24.6. The first-order valence-electron chi connectivity index (χ1n) is 11.4. The predicted octanol–water partition coefficient (Wildman–Crippen LogP) is 4.18. The molecule has 6 rings (SSSR count). The van der Waals surface area contributed by atoms with Crippen molar-refractivity contribution in [1.29, 1.82) is 0 Å². The number of carbonyl (C=O) groups excluding carboxylic acids is 1. The Balaban J connectivity index is 1.27. The van der Waals surface area contributed by atoms with Crippen LogP contribution in [0.15, 0.2) is 73.8 Å². The standard InChI is InChI=1S/C25H20F2N8O/c26-16-3-4-21(27)19(10-16)22-2-1-7-34(22)18-5-8-35-23(11-18)20(14-31-35)24(36)32-17-12-29-25(30-13-17)33-9-6-28-15-33/h3-6,8-15,22H,1-2,7H2,(H,32,36). The van der Waals surface area contributed by atoms with Gasteiger partial charge in [-0.25, -0.2) is 28.2 Å². The Morgan fingerprint density at radius 1 is 1.06 bits per heavy atom. The Bertz CT molecular complexity index is 1550. The predicted molar refractivity (Wildman–Crippen MR) is 128 cm³/mol. The minimum absolute atomic E-state index is 0.297. The summed E-state index contributed by atoms with van der Waals surface area (Å²) in [5.41, 5.74) is 2.52. The van der Waals surface area contributed by atoms with Crippen LogP contribution in [0.2, 0.25) is 0 Å². The number of rotatable bonds is 5. The minimum atomic E-state index is -0.467. The van der Waals surface area contributed by atoms with E-state index in [-0.39, 0.29) is 11.9 Å². The highest BCUT2D eigenvalue weighted by molar-refractivity contribution is 6.08. The van der Waals surface area contributed by atoms with E-state index >= 15 is 0 Å². The maximum atomic E-state index is 14.5. The number of nitrogens with one attached hydrogen (secondary N) is 1. The summed E-state index contributed by atoms with van der Waals surface area (Å²) in [5, 5.41) is 7.09. The van der Waals surface area contributed by atoms with E-state index in [4.69, 9.17) is 0 Å². The van der Waals surface area contributed by atoms with Crippen LogP contribution in [-0.4, -0.2) is 41.6 Å². The highest BCUT2D eigenvalue weighted by atomic mass is 19.1. The van der Waals surface area contributed by atoms with Gasteiger partial charge in [0.05, 0.1) is 41.4 Å². The molecule has 36 heavy (non-hydrogen) atoms. The van der Waals surface area contributed by atoms with Gasteiger partial charge in [-0.05, 0) is 43.2 Å². The average Bonchev–Trinajstić information content (AvgIpc) is 3.66. The second-order valence-electron chi connectivity index (χ2n) is 8.49. The molecule has 0 saturated carbocycles. The van der Waals surface area contributed by atoms with Gasteiger partial charge in [0.15, 0.2) is 0 Å². The average molecular weight is 486 g/mol. The van der Waals surface area contributed by atoms with E-state index in [9.17, 15) is 13.6 Å². The van der Waals surface area contributed by atoms with Crippen molar-refractivity contribution in [2.45, 2.75) is 18.9 Å². The van der Waals surface area contributed by atoms with Gasteiger partial charge in [0.1, 0.15) is 18.0 Å². The van der Waals surface area contributed by atoms with Gasteiger partial charge < -0.3 is 10.2 Å². The minimum Gasteiger partial charge on any atom is -0.364 e. The van der Waals surface area contributed by atoms with Crippen LogP contribution >= 0.6 is 0 Å². The highest BCUT2D eigenvalue weighted by Gasteiger charge is 2.29. The molecule has 0 radical (unpaired) electrons. The molecule has 11 heteroatoms. The van der Waals surface area contributed by atoms with E-state index in [0.717, 1.165) is 24.2 Å². The van der Waals surface area contributed by atoms with Gasteiger partial charge >= 0.3 is 0 Å². The first kappa shape index (κ1) is 21.8. The van der Waals surface area contributed by atoms with Crippen molar-refractivity contribution in [1.82, 2.24) is 29.1 Å². The van der Waals surface area contributed by atoms with E-state index < -0.39 is 11.6 Å². The summed E-state index contributed by atoms with van der Waals surface area (Å²) < 4.78 is 31.6. The summed E-state index contributed by atoms with van der Waals surface area (Å²) in [6.45, 7) is 0.688. The second kappa shape index (κ2) is 8.84. The van der Waals surface area contributed by atoms with Crippen LogP contribution in [0.1, 0.15) is 34.8 Å². The summed E-state index contributed by atoms with van der Waals surface area (Å²) >= 11 is 0. The number of carbonyl (C=O) groups is 1. The van der Waals surface area contributed by atoms with Crippen LogP contribution in [0, 0.1) is 11.6 Å². The van der Waals surface area contributed by atoms with Crippen molar-refractivity contribution in [3.63, 3.8) is 0 Å². The lowest BCUT2D eigenvalue weighted by Crippen LogP contribution is -2.23. The molecule has 1 fully saturated rings. The fraction of sp³-hybridized carbons (Fsp3) is 0.160. The van der Waals surface area contributed by atoms with Gasteiger partial charge in [-0.1, -0.05) is 0 Å². The number of fused-ring (bicyclic) bond motifs is 1. The molecule has 5 heterocycles. The van der Waals surface area contributed by atoms with Crippen molar-refractivity contribution in [3.8, 4) is 5.95 Å². The number of nitrogens with zero attached hydrogens (tertiary/aromatic N) is 7. The summed E-state index contributed by atoms with van der Waals surface area (Å²) in [7, 11) is 0. The van der Waals surface area contributed by atoms with Crippen molar-refractivity contribution in [2.24, 2.45) is 0 Å². The zero-order valence-electron chi connectivity index (χ0n) is 18.9. The van der Waals surface area contributed by atoms with E-state index in [2.05, 4.69) is 25.4 Å². The summed E-state index contributed by atoms with van der Waals surface area (Å²) in [6, 6.07) is 6.95. The molecule has 1 amide bonds. The molecule has 0 bridgehead atoms. The number of pyridine rings is 1. The molecule has 180 valence electrons. The highest BCUT2D eigenvalue weighted by Crippen LogP contribution is 2.38. The first-order valence-corrected chi connectivity index (χ1v) is 11.4. The fourth-order valence-corrected chi connectivity index (χ4v) is 4.59. The van der Waals surface area contributed by atoms with Gasteiger partial charge in [0.25, 0.3) is 5.91 Å². The number of hydrogen-bond acceptors (Lipinski definition) is 6. The van der Waals surface area contributed by atoms with Gasteiger partial charge in [0, 0.05) is 36.4 Å². The molecular weight excluding hydrogens is 466 g/mol. The zero-order valence-corrected chi connectivity index (χ0v) is 18.9. The van der Waals surface area contributed by atoms with Crippen LogP contribution in [0.5, 0.6) is 0 Å². The van der Waals surface area contributed by atoms with Crippen LogP contribution in [0.3, 0.4) is 0 Å². The molecule has 1 aliphatic heterocycles. The van der Waals surface area contributed by atoms with Gasteiger partial charge in [-0.15, -0.1) is 0 Å². The number of imidazole rings is 1. The molecule has 1 aliphatic rings. The Hall–Kier alpha value is -4.67. The summed E-state index contributed by atoms with van der Waals surface area (Å²) in [4.78, 5) is 27.6. The Morgan fingerprint density at radius 2 is 1.92 bits per heavy atom. The Kier molecular flexibility index (Phi) is 5.36. The van der Waals surface area contributed by atoms with Crippen molar-refractivity contribution >= 4 is 22.8 Å². The van der Waals surface area contributed by atoms with Gasteiger partial charge in [-0.2, -0.15) is 5.10 Å². The first-order chi connectivity index (χ1) is 17.6. The SMILES string of the molecule is O=C(Nc1cnc(-n2ccnc2)nc1)c1cnn2ccc(N3CCCC3c3cc(F)ccc3F)cc12. The number of hydrogen-bond donors (Lipinski definition) is 1. The summed E-state index contributed by atoms with van der Waals surface area (Å²) in [5.74, 6) is -0.832. The van der Waals surface area contributed by atoms with Crippen molar-refractivity contribution in [3.05, 3.63) is 96.6 Å². The molecule has 1 aromatic carbocycles. The number of aromatic nitrogens is 6. The van der Waals surface area contributed by atoms with Crippen molar-refractivity contribution in [2.75, 3.05) is 16.8 Å². The largest absolute Gasteiger partial charge is 0.364 e. The molecule has 1 atom stereocenters. The molecule has 1 unspecified atom stereocenters.